The van der Waals surface area contributed by atoms with E-state index in [4.69, 9.17) is 15.2 Å². The summed E-state index contributed by atoms with van der Waals surface area (Å²) in [5.74, 6) is 0.508. The van der Waals surface area contributed by atoms with E-state index in [-0.39, 0.29) is 11.7 Å². The van der Waals surface area contributed by atoms with Gasteiger partial charge in [-0.15, -0.1) is 0 Å². The number of amides is 1. The number of aromatic nitrogens is 3. The minimum atomic E-state index is -0.618. The van der Waals surface area contributed by atoms with E-state index in [2.05, 4.69) is 21.0 Å². The third kappa shape index (κ3) is 2.55. The van der Waals surface area contributed by atoms with Crippen LogP contribution in [0.15, 0.2) is 30.5 Å². The number of fused-ring (bicyclic) bond motifs is 3. The van der Waals surface area contributed by atoms with Crippen molar-refractivity contribution in [3.8, 4) is 11.6 Å². The molecule has 1 atom stereocenters. The van der Waals surface area contributed by atoms with Crippen LogP contribution in [0.2, 0.25) is 0 Å². The Morgan fingerprint density at radius 3 is 3.00 bits per heavy atom. The molecule has 1 amide bonds. The van der Waals surface area contributed by atoms with Crippen LogP contribution in [0, 0.1) is 6.07 Å². The van der Waals surface area contributed by atoms with Crippen LogP contribution in [0.25, 0.3) is 11.0 Å². The SMILES string of the molecule is COc1ccc2ncc3c(c2n1)N(C)C(c1cc[c]c(C(N)=O)n1)CO3. The molecule has 1 unspecified atom stereocenters. The number of carbonyl (C=O) groups excluding carboxylic acids is 1. The lowest BCUT2D eigenvalue weighted by atomic mass is 10.1. The van der Waals surface area contributed by atoms with E-state index in [9.17, 15) is 4.79 Å². The van der Waals surface area contributed by atoms with Crippen LogP contribution in [0.4, 0.5) is 5.69 Å². The number of rotatable bonds is 3. The molecule has 0 saturated carbocycles. The fourth-order valence-electron chi connectivity index (χ4n) is 3.02. The van der Waals surface area contributed by atoms with Gasteiger partial charge in [0, 0.05) is 19.2 Å². The number of likely N-dealkylation sites (N-methyl/N-ethyl adjacent to an activating group) is 1. The van der Waals surface area contributed by atoms with E-state index in [1.807, 2.05) is 18.0 Å². The smallest absolute Gasteiger partial charge is 0.267 e. The number of nitrogens with zero attached hydrogens (tertiary/aromatic N) is 4. The molecule has 131 valence electrons. The van der Waals surface area contributed by atoms with Crippen LogP contribution < -0.4 is 20.1 Å². The minimum absolute atomic E-state index is 0.0982. The van der Waals surface area contributed by atoms with Gasteiger partial charge in [0.25, 0.3) is 5.91 Å². The standard InChI is InChI=1S/C18H16N5O3/c1-23-13(10-4-3-5-12(21-10)18(19)24)9-26-14-8-20-11-6-7-15(25-2)22-16(11)17(14)23/h3-4,6-8,13H,9H2,1-2H3,(H2,19,24). The molecule has 8 heteroatoms. The first-order chi connectivity index (χ1) is 12.6. The number of pyridine rings is 3. The molecule has 2 N–H and O–H groups in total. The second-order valence-electron chi connectivity index (χ2n) is 5.86. The number of methoxy groups -OCH3 is 1. The van der Waals surface area contributed by atoms with Gasteiger partial charge in [0.1, 0.15) is 29.5 Å². The van der Waals surface area contributed by atoms with Crippen LogP contribution >= 0.6 is 0 Å². The van der Waals surface area contributed by atoms with Crippen molar-refractivity contribution in [2.75, 3.05) is 25.7 Å². The highest BCUT2D eigenvalue weighted by Crippen LogP contribution is 2.41. The number of hydrogen-bond donors (Lipinski definition) is 1. The van der Waals surface area contributed by atoms with Crippen molar-refractivity contribution in [1.82, 2.24) is 15.0 Å². The van der Waals surface area contributed by atoms with Gasteiger partial charge in [-0.3, -0.25) is 9.78 Å². The third-order valence-corrected chi connectivity index (χ3v) is 4.34. The van der Waals surface area contributed by atoms with Crippen LogP contribution in [0.5, 0.6) is 11.6 Å². The summed E-state index contributed by atoms with van der Waals surface area (Å²) in [6.45, 7) is 0.357. The van der Waals surface area contributed by atoms with Gasteiger partial charge in [0.05, 0.1) is 24.5 Å². The Balaban J connectivity index is 1.82. The lowest BCUT2D eigenvalue weighted by molar-refractivity contribution is 0.0994. The Morgan fingerprint density at radius 1 is 1.38 bits per heavy atom. The molecule has 8 nitrogen and oxygen atoms in total. The number of hydrogen-bond acceptors (Lipinski definition) is 7. The monoisotopic (exact) mass is 350 g/mol. The Morgan fingerprint density at radius 2 is 2.23 bits per heavy atom. The summed E-state index contributed by atoms with van der Waals surface area (Å²) in [4.78, 5) is 26.7. The second-order valence-corrected chi connectivity index (χ2v) is 5.86. The zero-order valence-corrected chi connectivity index (χ0v) is 14.3. The zero-order valence-electron chi connectivity index (χ0n) is 14.3. The zero-order chi connectivity index (χ0) is 18.3. The molecule has 1 aliphatic heterocycles. The summed E-state index contributed by atoms with van der Waals surface area (Å²) in [6.07, 6.45) is 1.68. The molecule has 0 fully saturated rings. The molecule has 0 saturated heterocycles. The summed E-state index contributed by atoms with van der Waals surface area (Å²) < 4.78 is 11.1. The summed E-state index contributed by atoms with van der Waals surface area (Å²) in [6, 6.07) is 9.56. The fraction of sp³-hybridized carbons (Fsp3) is 0.222. The number of carbonyl (C=O) groups is 1. The van der Waals surface area contributed by atoms with E-state index < -0.39 is 5.91 Å². The molecule has 3 aromatic heterocycles. The molecule has 4 heterocycles. The van der Waals surface area contributed by atoms with E-state index in [0.717, 1.165) is 11.2 Å². The summed E-state index contributed by atoms with van der Waals surface area (Å²) in [5.41, 5.74) is 8.28. The fourth-order valence-corrected chi connectivity index (χ4v) is 3.02. The van der Waals surface area contributed by atoms with E-state index in [1.54, 1.807) is 31.5 Å². The predicted octanol–water partition coefficient (Wildman–Crippen LogP) is 1.50. The largest absolute Gasteiger partial charge is 0.487 e. The predicted molar refractivity (Wildman–Crippen MR) is 94.3 cm³/mol. The first kappa shape index (κ1) is 16.1. The lowest BCUT2D eigenvalue weighted by Gasteiger charge is -2.35. The highest BCUT2D eigenvalue weighted by Gasteiger charge is 2.30. The van der Waals surface area contributed by atoms with Crippen molar-refractivity contribution in [1.29, 1.82) is 0 Å². The van der Waals surface area contributed by atoms with Gasteiger partial charge < -0.3 is 20.1 Å². The molecule has 0 spiro atoms. The molecular weight excluding hydrogens is 334 g/mol. The Bertz CT molecular complexity index is 1000. The van der Waals surface area contributed by atoms with Crippen LogP contribution in [-0.2, 0) is 0 Å². The van der Waals surface area contributed by atoms with Gasteiger partial charge in [-0.1, -0.05) is 6.07 Å². The number of ether oxygens (including phenoxy) is 2. The summed E-state index contributed by atoms with van der Waals surface area (Å²) in [7, 11) is 3.49. The third-order valence-electron chi connectivity index (χ3n) is 4.34. The number of nitrogens with two attached hydrogens (primary N) is 1. The van der Waals surface area contributed by atoms with Crippen molar-refractivity contribution in [2.45, 2.75) is 6.04 Å². The molecule has 26 heavy (non-hydrogen) atoms. The Hall–Kier alpha value is -3.42. The van der Waals surface area contributed by atoms with E-state index in [1.165, 1.54) is 0 Å². The molecule has 4 rings (SSSR count). The molecular formula is C18H16N5O3. The van der Waals surface area contributed by atoms with Gasteiger partial charge in [0.15, 0.2) is 5.75 Å². The number of primary amides is 1. The van der Waals surface area contributed by atoms with Gasteiger partial charge in [-0.05, 0) is 12.1 Å². The molecule has 1 radical (unpaired) electrons. The first-order valence-electron chi connectivity index (χ1n) is 7.96. The minimum Gasteiger partial charge on any atom is -0.487 e. The maximum atomic E-state index is 11.4. The maximum Gasteiger partial charge on any atom is 0.267 e. The van der Waals surface area contributed by atoms with Gasteiger partial charge >= 0.3 is 0 Å². The van der Waals surface area contributed by atoms with Crippen molar-refractivity contribution < 1.29 is 14.3 Å². The highest BCUT2D eigenvalue weighted by molar-refractivity contribution is 5.92. The van der Waals surface area contributed by atoms with Gasteiger partial charge in [-0.2, -0.15) is 0 Å². The number of anilines is 1. The molecule has 0 bridgehead atoms. The summed E-state index contributed by atoms with van der Waals surface area (Å²) in [5, 5.41) is 0. The van der Waals surface area contributed by atoms with Crippen LogP contribution in [-0.4, -0.2) is 41.6 Å². The normalized spacial score (nSPS) is 16.1. The van der Waals surface area contributed by atoms with E-state index in [0.29, 0.717) is 29.4 Å². The highest BCUT2D eigenvalue weighted by atomic mass is 16.5. The molecule has 3 aromatic rings. The average molecular weight is 350 g/mol. The topological polar surface area (TPSA) is 103 Å². The van der Waals surface area contributed by atoms with Gasteiger partial charge in [-0.25, -0.2) is 9.97 Å². The lowest BCUT2D eigenvalue weighted by Crippen LogP contribution is -2.34. The average Bonchev–Trinajstić information content (AvgIpc) is 2.67. The Kier molecular flexibility index (Phi) is 3.80. The van der Waals surface area contributed by atoms with Crippen molar-refractivity contribution >= 4 is 22.6 Å². The van der Waals surface area contributed by atoms with Gasteiger partial charge in [0.2, 0.25) is 5.88 Å². The summed E-state index contributed by atoms with van der Waals surface area (Å²) >= 11 is 0. The maximum absolute atomic E-state index is 11.4. The molecule has 1 aliphatic rings. The van der Waals surface area contributed by atoms with Crippen LogP contribution in [0.1, 0.15) is 22.2 Å². The van der Waals surface area contributed by atoms with Crippen molar-refractivity contribution in [2.24, 2.45) is 5.73 Å². The molecule has 0 aromatic carbocycles. The van der Waals surface area contributed by atoms with Crippen molar-refractivity contribution in [3.63, 3.8) is 0 Å². The van der Waals surface area contributed by atoms with Crippen LogP contribution in [0.3, 0.4) is 0 Å². The van der Waals surface area contributed by atoms with E-state index >= 15 is 0 Å². The van der Waals surface area contributed by atoms with Crippen molar-refractivity contribution in [3.05, 3.63) is 47.9 Å². The quantitative estimate of drug-likeness (QED) is 0.763. The Labute approximate surface area is 149 Å². The molecule has 0 aliphatic carbocycles. The first-order valence-corrected chi connectivity index (χ1v) is 7.96. The second kappa shape index (κ2) is 6.14.